The number of aromatic amines is 1. The van der Waals surface area contributed by atoms with Crippen LogP contribution in [0.2, 0.25) is 0 Å². The van der Waals surface area contributed by atoms with Crippen molar-refractivity contribution in [3.05, 3.63) is 68.0 Å². The smallest absolute Gasteiger partial charge is 0.328 e. The maximum atomic E-state index is 12.5. The Labute approximate surface area is 159 Å². The molecule has 6 nitrogen and oxygen atoms in total. The van der Waals surface area contributed by atoms with Gasteiger partial charge in [0.2, 0.25) is 0 Å². The van der Waals surface area contributed by atoms with Crippen LogP contribution in [0.15, 0.2) is 39.9 Å². The molecular formula is C21H28N2O4. The second-order valence-corrected chi connectivity index (χ2v) is 6.85. The van der Waals surface area contributed by atoms with Gasteiger partial charge in [0.15, 0.2) is 0 Å². The largest absolute Gasteiger partial charge is 0.466 e. The molecule has 0 aliphatic heterocycles. The third-order valence-electron chi connectivity index (χ3n) is 4.46. The van der Waals surface area contributed by atoms with Crippen LogP contribution in [0, 0.1) is 0 Å². The monoisotopic (exact) mass is 372 g/mol. The molecule has 1 aromatic carbocycles. The van der Waals surface area contributed by atoms with E-state index in [0.29, 0.717) is 44.4 Å². The van der Waals surface area contributed by atoms with Crippen LogP contribution in [0.1, 0.15) is 62.8 Å². The number of nitrogens with one attached hydrogen (secondary N) is 1. The first kappa shape index (κ1) is 20.7. The zero-order valence-corrected chi connectivity index (χ0v) is 16.3. The molecule has 0 unspecified atom stereocenters. The lowest BCUT2D eigenvalue weighted by atomic mass is 9.98. The minimum absolute atomic E-state index is 0.00107. The van der Waals surface area contributed by atoms with Gasteiger partial charge in [-0.2, -0.15) is 0 Å². The van der Waals surface area contributed by atoms with E-state index in [-0.39, 0.29) is 17.4 Å². The van der Waals surface area contributed by atoms with Crippen molar-refractivity contribution in [2.75, 3.05) is 6.61 Å². The van der Waals surface area contributed by atoms with Gasteiger partial charge >= 0.3 is 11.7 Å². The van der Waals surface area contributed by atoms with E-state index in [0.717, 1.165) is 11.3 Å². The number of carbonyl (C=O) groups is 1. The zero-order valence-electron chi connectivity index (χ0n) is 16.3. The van der Waals surface area contributed by atoms with Crippen LogP contribution in [-0.2, 0) is 22.5 Å². The Kier molecular flexibility index (Phi) is 7.58. The summed E-state index contributed by atoms with van der Waals surface area (Å²) < 4.78 is 6.58. The summed E-state index contributed by atoms with van der Waals surface area (Å²) in [6.07, 6.45) is 2.14. The van der Waals surface area contributed by atoms with Crippen molar-refractivity contribution in [3.63, 3.8) is 0 Å². The Hall–Kier alpha value is -2.63. The molecule has 146 valence electrons. The molecule has 0 amide bonds. The Morgan fingerprint density at radius 1 is 1.15 bits per heavy atom. The SMILES string of the molecule is CCOC(=O)CCCCn1c(Cc2ccccc2)c(C(C)C)c(=O)[nH]c1=O. The number of hydrogen-bond donors (Lipinski definition) is 1. The van der Waals surface area contributed by atoms with E-state index >= 15 is 0 Å². The lowest BCUT2D eigenvalue weighted by Crippen LogP contribution is -2.36. The molecule has 0 fully saturated rings. The first-order chi connectivity index (χ1) is 12.9. The van der Waals surface area contributed by atoms with Gasteiger partial charge in [0.1, 0.15) is 0 Å². The Bertz CT molecular complexity index is 866. The van der Waals surface area contributed by atoms with Gasteiger partial charge in [-0.3, -0.25) is 19.1 Å². The molecule has 0 saturated carbocycles. The fraction of sp³-hybridized carbons (Fsp3) is 0.476. The summed E-state index contributed by atoms with van der Waals surface area (Å²) in [5.41, 5.74) is 1.73. The standard InChI is InChI=1S/C21H28N2O4/c1-4-27-18(24)12-8-9-13-23-17(14-16-10-6-5-7-11-16)19(15(2)3)20(25)22-21(23)26/h5-7,10-11,15H,4,8-9,12-14H2,1-3H3,(H,22,25,26). The topological polar surface area (TPSA) is 81.2 Å². The van der Waals surface area contributed by atoms with Crippen molar-refractivity contribution in [2.45, 2.75) is 58.9 Å². The van der Waals surface area contributed by atoms with Gasteiger partial charge in [0.05, 0.1) is 6.61 Å². The number of H-pyrrole nitrogens is 1. The van der Waals surface area contributed by atoms with Crippen LogP contribution in [0.5, 0.6) is 0 Å². The van der Waals surface area contributed by atoms with Crippen molar-refractivity contribution in [2.24, 2.45) is 0 Å². The number of benzene rings is 1. The summed E-state index contributed by atoms with van der Waals surface area (Å²) in [4.78, 5) is 38.8. The van der Waals surface area contributed by atoms with E-state index in [2.05, 4.69) is 4.98 Å². The number of carbonyl (C=O) groups excluding carboxylic acids is 1. The number of nitrogens with zero attached hydrogens (tertiary/aromatic N) is 1. The normalized spacial score (nSPS) is 11.0. The molecule has 0 aliphatic rings. The lowest BCUT2D eigenvalue weighted by Gasteiger charge is -2.18. The van der Waals surface area contributed by atoms with Crippen molar-refractivity contribution in [3.8, 4) is 0 Å². The quantitative estimate of drug-likeness (QED) is 0.542. The summed E-state index contributed by atoms with van der Waals surface area (Å²) in [6.45, 7) is 6.51. The van der Waals surface area contributed by atoms with Crippen LogP contribution in [-0.4, -0.2) is 22.1 Å². The van der Waals surface area contributed by atoms with E-state index in [1.54, 1.807) is 11.5 Å². The molecule has 2 aromatic rings. The molecule has 1 N–H and O–H groups in total. The van der Waals surface area contributed by atoms with Gasteiger partial charge in [-0.25, -0.2) is 4.79 Å². The summed E-state index contributed by atoms with van der Waals surface area (Å²) in [7, 11) is 0. The second kappa shape index (κ2) is 9.90. The lowest BCUT2D eigenvalue weighted by molar-refractivity contribution is -0.143. The van der Waals surface area contributed by atoms with Crippen LogP contribution in [0.3, 0.4) is 0 Å². The van der Waals surface area contributed by atoms with E-state index in [4.69, 9.17) is 4.74 Å². The average Bonchev–Trinajstić information content (AvgIpc) is 2.61. The molecule has 0 radical (unpaired) electrons. The van der Waals surface area contributed by atoms with Crippen LogP contribution < -0.4 is 11.2 Å². The summed E-state index contributed by atoms with van der Waals surface area (Å²) >= 11 is 0. The maximum Gasteiger partial charge on any atom is 0.328 e. The van der Waals surface area contributed by atoms with Crippen molar-refractivity contribution >= 4 is 5.97 Å². The van der Waals surface area contributed by atoms with Crippen LogP contribution in [0.25, 0.3) is 0 Å². The van der Waals surface area contributed by atoms with Gasteiger partial charge < -0.3 is 4.74 Å². The molecule has 2 rings (SSSR count). The minimum atomic E-state index is -0.397. The highest BCUT2D eigenvalue weighted by Crippen LogP contribution is 2.18. The fourth-order valence-corrected chi connectivity index (χ4v) is 3.22. The summed E-state index contributed by atoms with van der Waals surface area (Å²) in [6, 6.07) is 9.80. The van der Waals surface area contributed by atoms with Crippen LogP contribution >= 0.6 is 0 Å². The molecule has 1 heterocycles. The van der Waals surface area contributed by atoms with E-state index < -0.39 is 5.69 Å². The molecule has 1 aromatic heterocycles. The Balaban J connectivity index is 2.29. The Morgan fingerprint density at radius 3 is 2.48 bits per heavy atom. The highest BCUT2D eigenvalue weighted by Gasteiger charge is 2.18. The second-order valence-electron chi connectivity index (χ2n) is 6.85. The summed E-state index contributed by atoms with van der Waals surface area (Å²) in [5.74, 6) is -0.225. The third kappa shape index (κ3) is 5.67. The number of rotatable bonds is 9. The predicted molar refractivity (Wildman–Crippen MR) is 105 cm³/mol. The van der Waals surface area contributed by atoms with Gasteiger partial charge in [0, 0.05) is 30.6 Å². The van der Waals surface area contributed by atoms with Crippen molar-refractivity contribution < 1.29 is 9.53 Å². The molecule has 6 heteroatoms. The first-order valence-corrected chi connectivity index (χ1v) is 9.49. The van der Waals surface area contributed by atoms with E-state index in [1.165, 1.54) is 0 Å². The number of aromatic nitrogens is 2. The predicted octanol–water partition coefficient (Wildman–Crippen LogP) is 2.98. The zero-order chi connectivity index (χ0) is 19.8. The van der Waals surface area contributed by atoms with Gasteiger partial charge in [-0.15, -0.1) is 0 Å². The molecule has 0 aliphatic carbocycles. The van der Waals surface area contributed by atoms with Crippen molar-refractivity contribution in [1.82, 2.24) is 9.55 Å². The highest BCUT2D eigenvalue weighted by atomic mass is 16.5. The number of unbranched alkanes of at least 4 members (excludes halogenated alkanes) is 1. The minimum Gasteiger partial charge on any atom is -0.466 e. The van der Waals surface area contributed by atoms with Gasteiger partial charge in [0.25, 0.3) is 5.56 Å². The molecule has 0 spiro atoms. The highest BCUT2D eigenvalue weighted by molar-refractivity contribution is 5.69. The van der Waals surface area contributed by atoms with Gasteiger partial charge in [-0.1, -0.05) is 44.2 Å². The fourth-order valence-electron chi connectivity index (χ4n) is 3.22. The number of esters is 1. The van der Waals surface area contributed by atoms with Gasteiger partial charge in [-0.05, 0) is 31.2 Å². The van der Waals surface area contributed by atoms with E-state index in [9.17, 15) is 14.4 Å². The first-order valence-electron chi connectivity index (χ1n) is 9.49. The third-order valence-corrected chi connectivity index (χ3v) is 4.46. The molecule has 0 saturated heterocycles. The maximum absolute atomic E-state index is 12.5. The van der Waals surface area contributed by atoms with E-state index in [1.807, 2.05) is 44.2 Å². The van der Waals surface area contributed by atoms with Crippen LogP contribution in [0.4, 0.5) is 0 Å². The summed E-state index contributed by atoms with van der Waals surface area (Å²) in [5, 5.41) is 0. The average molecular weight is 372 g/mol. The Morgan fingerprint density at radius 2 is 1.85 bits per heavy atom. The molecule has 0 atom stereocenters. The van der Waals surface area contributed by atoms with Crippen molar-refractivity contribution in [1.29, 1.82) is 0 Å². The molecule has 0 bridgehead atoms. The molecular weight excluding hydrogens is 344 g/mol. The number of hydrogen-bond acceptors (Lipinski definition) is 4. The number of ether oxygens (including phenoxy) is 1. The molecule has 27 heavy (non-hydrogen) atoms.